The van der Waals surface area contributed by atoms with Crippen molar-refractivity contribution in [1.82, 2.24) is 5.16 Å². The number of aliphatic imine (C=N–C) groups is 1. The summed E-state index contributed by atoms with van der Waals surface area (Å²) in [6, 6.07) is 17.2. The van der Waals surface area contributed by atoms with Gasteiger partial charge in [0.05, 0.1) is 35.3 Å². The first-order chi connectivity index (χ1) is 17.5. The summed E-state index contributed by atoms with van der Waals surface area (Å²) >= 11 is 0. The van der Waals surface area contributed by atoms with Gasteiger partial charge in [-0.2, -0.15) is 0 Å². The minimum absolute atomic E-state index is 0.00233. The fraction of sp³-hybridized carbons (Fsp3) is 0.310. The van der Waals surface area contributed by atoms with Crippen molar-refractivity contribution in [3.05, 3.63) is 88.5 Å². The van der Waals surface area contributed by atoms with Crippen molar-refractivity contribution in [3.63, 3.8) is 0 Å². The van der Waals surface area contributed by atoms with E-state index in [1.165, 1.54) is 0 Å². The van der Waals surface area contributed by atoms with Crippen LogP contribution in [0.2, 0.25) is 0 Å². The highest BCUT2D eigenvalue weighted by Crippen LogP contribution is 2.35. The minimum atomic E-state index is -0.121. The van der Waals surface area contributed by atoms with Crippen LogP contribution in [0.4, 0.5) is 5.69 Å². The van der Waals surface area contributed by atoms with Gasteiger partial charge in [-0.1, -0.05) is 41.6 Å². The number of ketones is 2. The summed E-state index contributed by atoms with van der Waals surface area (Å²) in [5, 5.41) is 15.1. The average molecular weight is 485 g/mol. The summed E-state index contributed by atoms with van der Waals surface area (Å²) < 4.78 is 10.8. The van der Waals surface area contributed by atoms with Crippen molar-refractivity contribution in [2.24, 2.45) is 4.99 Å². The lowest BCUT2D eigenvalue weighted by Gasteiger charge is -2.20. The van der Waals surface area contributed by atoms with Crippen LogP contribution in [0.5, 0.6) is 5.75 Å². The Balaban J connectivity index is 1.36. The van der Waals surface area contributed by atoms with Gasteiger partial charge in [-0.25, -0.2) is 0 Å². The number of aliphatic hydroxyl groups is 1. The number of methoxy groups -OCH3 is 1. The van der Waals surface area contributed by atoms with E-state index in [9.17, 15) is 14.7 Å². The van der Waals surface area contributed by atoms with E-state index in [0.717, 1.165) is 5.56 Å². The predicted molar refractivity (Wildman–Crippen MR) is 135 cm³/mol. The van der Waals surface area contributed by atoms with Crippen molar-refractivity contribution in [2.75, 3.05) is 7.11 Å². The number of aryl methyl sites for hydroxylation is 1. The molecule has 2 aliphatic rings. The molecule has 2 aliphatic carbocycles. The van der Waals surface area contributed by atoms with E-state index < -0.39 is 0 Å². The van der Waals surface area contributed by atoms with E-state index >= 15 is 0 Å². The molecule has 0 aliphatic heterocycles. The summed E-state index contributed by atoms with van der Waals surface area (Å²) in [7, 11) is 1.59. The fourth-order valence-electron chi connectivity index (χ4n) is 5.04. The number of allylic oxidation sites excluding steroid dienone is 2. The molecule has 1 atom stereocenters. The molecule has 0 spiro atoms. The molecule has 5 rings (SSSR count). The van der Waals surface area contributed by atoms with E-state index in [-0.39, 0.29) is 35.2 Å². The van der Waals surface area contributed by atoms with Gasteiger partial charge in [0.25, 0.3) is 0 Å². The number of ether oxygens (including phenoxy) is 1. The lowest BCUT2D eigenvalue weighted by atomic mass is 9.81. The van der Waals surface area contributed by atoms with Crippen LogP contribution < -0.4 is 4.74 Å². The average Bonchev–Trinajstić information content (AvgIpc) is 3.31. The third-order valence-corrected chi connectivity index (χ3v) is 6.84. The Kier molecular flexibility index (Phi) is 6.80. The van der Waals surface area contributed by atoms with E-state index in [4.69, 9.17) is 9.26 Å². The monoisotopic (exact) mass is 484 g/mol. The summed E-state index contributed by atoms with van der Waals surface area (Å²) in [4.78, 5) is 30.4. The second-order valence-corrected chi connectivity index (χ2v) is 9.22. The lowest BCUT2D eigenvalue weighted by Crippen LogP contribution is -2.21. The number of nitrogens with zero attached hydrogens (tertiary/aromatic N) is 2. The van der Waals surface area contributed by atoms with Gasteiger partial charge in [-0.15, -0.1) is 0 Å². The highest BCUT2D eigenvalue weighted by molar-refractivity contribution is 6.24. The van der Waals surface area contributed by atoms with Crippen molar-refractivity contribution in [1.29, 1.82) is 0 Å². The van der Waals surface area contributed by atoms with Crippen LogP contribution in [-0.4, -0.2) is 34.7 Å². The van der Waals surface area contributed by atoms with Crippen molar-refractivity contribution >= 4 is 23.0 Å². The van der Waals surface area contributed by atoms with E-state index in [0.29, 0.717) is 72.7 Å². The second kappa shape index (κ2) is 10.3. The number of benzene rings is 2. The molecular weight excluding hydrogens is 456 g/mol. The molecule has 36 heavy (non-hydrogen) atoms. The third-order valence-electron chi connectivity index (χ3n) is 6.84. The summed E-state index contributed by atoms with van der Waals surface area (Å²) in [6.07, 6.45) is 3.14. The topological polar surface area (TPSA) is 102 Å². The van der Waals surface area contributed by atoms with Gasteiger partial charge >= 0.3 is 0 Å². The summed E-state index contributed by atoms with van der Waals surface area (Å²) in [6.45, 7) is 0. The molecule has 184 valence electrons. The number of Topliss-reactive ketones (excluding diaryl/α,β-unsaturated/α-hetero) is 2. The third kappa shape index (κ3) is 4.87. The molecule has 1 heterocycles. The van der Waals surface area contributed by atoms with Gasteiger partial charge < -0.3 is 14.4 Å². The van der Waals surface area contributed by atoms with Crippen LogP contribution in [0.15, 0.2) is 75.4 Å². The fourth-order valence-corrected chi connectivity index (χ4v) is 5.04. The molecule has 2 aromatic carbocycles. The zero-order valence-corrected chi connectivity index (χ0v) is 20.2. The number of carbonyl (C=O) groups is 2. The first-order valence-corrected chi connectivity index (χ1v) is 12.3. The van der Waals surface area contributed by atoms with Crippen LogP contribution in [0, 0.1) is 0 Å². The number of fused-ring (bicyclic) bond motifs is 1. The summed E-state index contributed by atoms with van der Waals surface area (Å²) in [5.41, 5.74) is 3.67. The Morgan fingerprint density at radius 3 is 2.72 bits per heavy atom. The van der Waals surface area contributed by atoms with Gasteiger partial charge in [0.15, 0.2) is 11.6 Å². The van der Waals surface area contributed by atoms with Crippen LogP contribution in [0.1, 0.15) is 65.4 Å². The molecule has 0 bridgehead atoms. The second-order valence-electron chi connectivity index (χ2n) is 9.22. The highest BCUT2D eigenvalue weighted by Gasteiger charge is 2.33. The molecule has 0 amide bonds. The molecule has 3 aromatic rings. The van der Waals surface area contributed by atoms with Gasteiger partial charge in [-0.05, 0) is 36.5 Å². The SMILES string of the molecule is COc1cccc(N=C2CCCC(=O)C2=C(O)CCc2noc3c2C(=O)CC(c2ccccc2)C3)c1. The van der Waals surface area contributed by atoms with E-state index in [2.05, 4.69) is 10.1 Å². The smallest absolute Gasteiger partial charge is 0.168 e. The molecule has 1 aromatic heterocycles. The van der Waals surface area contributed by atoms with Crippen LogP contribution in [0.25, 0.3) is 0 Å². The van der Waals surface area contributed by atoms with Gasteiger partial charge in [0.2, 0.25) is 0 Å². The van der Waals surface area contributed by atoms with Gasteiger partial charge in [0, 0.05) is 38.2 Å². The zero-order valence-electron chi connectivity index (χ0n) is 20.2. The number of carbonyl (C=O) groups excluding carboxylic acids is 2. The Hall–Kier alpha value is -4.00. The highest BCUT2D eigenvalue weighted by atomic mass is 16.5. The Labute approximate surface area is 209 Å². The van der Waals surface area contributed by atoms with E-state index in [1.807, 2.05) is 48.5 Å². The molecule has 1 unspecified atom stereocenters. The first kappa shape index (κ1) is 23.7. The van der Waals surface area contributed by atoms with E-state index in [1.54, 1.807) is 13.2 Å². The maximum atomic E-state index is 13.0. The maximum Gasteiger partial charge on any atom is 0.168 e. The lowest BCUT2D eigenvalue weighted by molar-refractivity contribution is -0.115. The van der Waals surface area contributed by atoms with Gasteiger partial charge in [-0.3, -0.25) is 14.6 Å². The van der Waals surface area contributed by atoms with Crippen molar-refractivity contribution < 1.29 is 24.0 Å². The molecular formula is C29H28N2O5. The number of aromatic nitrogens is 1. The Morgan fingerprint density at radius 1 is 1.08 bits per heavy atom. The Bertz CT molecular complexity index is 1350. The quantitative estimate of drug-likeness (QED) is 0.347. The molecule has 1 N–H and O–H groups in total. The van der Waals surface area contributed by atoms with Crippen LogP contribution >= 0.6 is 0 Å². The first-order valence-electron chi connectivity index (χ1n) is 12.3. The number of aliphatic hydroxyl groups excluding tert-OH is 1. The normalized spacial score (nSPS) is 20.4. The largest absolute Gasteiger partial charge is 0.511 e. The molecule has 1 fully saturated rings. The minimum Gasteiger partial charge on any atom is -0.511 e. The molecule has 0 radical (unpaired) electrons. The Morgan fingerprint density at radius 2 is 1.92 bits per heavy atom. The van der Waals surface area contributed by atoms with Gasteiger partial charge in [0.1, 0.15) is 17.3 Å². The predicted octanol–water partition coefficient (Wildman–Crippen LogP) is 5.87. The zero-order chi connectivity index (χ0) is 25.1. The number of rotatable bonds is 6. The summed E-state index contributed by atoms with van der Waals surface area (Å²) in [5.74, 6) is 1.19. The number of hydrogen-bond acceptors (Lipinski definition) is 7. The molecule has 0 saturated heterocycles. The van der Waals surface area contributed by atoms with Crippen LogP contribution in [-0.2, 0) is 17.6 Å². The standard InChI is InChI=1S/C29H28N2O5/c1-35-21-10-5-9-20(17-21)30-22-11-6-12-24(32)28(22)25(33)14-13-23-29-26(34)15-19(16-27(29)36-31-23)18-7-3-2-4-8-18/h2-5,7-10,17,19,33H,6,11-16H2,1H3. The van der Waals surface area contributed by atoms with Crippen molar-refractivity contribution in [2.45, 2.75) is 50.9 Å². The van der Waals surface area contributed by atoms with Crippen LogP contribution in [0.3, 0.4) is 0 Å². The van der Waals surface area contributed by atoms with Crippen molar-refractivity contribution in [3.8, 4) is 5.75 Å². The number of hydrogen-bond donors (Lipinski definition) is 1. The maximum absolute atomic E-state index is 13.0. The molecule has 1 saturated carbocycles. The molecule has 7 heteroatoms. The molecule has 7 nitrogen and oxygen atoms in total.